The monoisotopic (exact) mass is 136 g/mol. The van der Waals surface area contributed by atoms with Crippen LogP contribution in [0.15, 0.2) is 24.3 Å². The molecule has 1 radical (unpaired) electrons. The van der Waals surface area contributed by atoms with E-state index in [9.17, 15) is 0 Å². The van der Waals surface area contributed by atoms with E-state index in [1.165, 1.54) is 5.56 Å². The Morgan fingerprint density at radius 2 is 1.90 bits per heavy atom. The molecular weight excluding hydrogens is 126 g/mol. The predicted octanol–water partition coefficient (Wildman–Crippen LogP) is 1.71. The molecule has 0 atom stereocenters. The van der Waals surface area contributed by atoms with Crippen LogP contribution in [0.2, 0.25) is 0 Å². The highest BCUT2D eigenvalue weighted by Gasteiger charge is 1.89. The molecule has 0 amide bonds. The fourth-order valence-electron chi connectivity index (χ4n) is 0.768. The Morgan fingerprint density at radius 1 is 1.30 bits per heavy atom. The van der Waals surface area contributed by atoms with Gasteiger partial charge in [0.15, 0.2) is 0 Å². The van der Waals surface area contributed by atoms with Crippen LogP contribution in [0.1, 0.15) is 11.1 Å². The van der Waals surface area contributed by atoms with Gasteiger partial charge in [0.2, 0.25) is 0 Å². The molecule has 1 aromatic rings. The van der Waals surface area contributed by atoms with Crippen molar-refractivity contribution in [3.8, 4) is 0 Å². The second-order valence-electron chi connectivity index (χ2n) is 2.27. The third-order valence-electron chi connectivity index (χ3n) is 1.36. The molecule has 2 heteroatoms. The Balaban J connectivity index is 2.69. The summed E-state index contributed by atoms with van der Waals surface area (Å²) in [5.41, 5.74) is 2.27. The van der Waals surface area contributed by atoms with Gasteiger partial charge in [0.1, 0.15) is 0 Å². The van der Waals surface area contributed by atoms with Crippen LogP contribution in [0.5, 0.6) is 0 Å². The van der Waals surface area contributed by atoms with Gasteiger partial charge in [-0.05, 0) is 12.5 Å². The second kappa shape index (κ2) is 3.34. The van der Waals surface area contributed by atoms with Crippen LogP contribution in [0, 0.1) is 6.92 Å². The maximum atomic E-state index is 6.49. The van der Waals surface area contributed by atoms with E-state index in [1.807, 2.05) is 31.2 Å². The van der Waals surface area contributed by atoms with Gasteiger partial charge in [-0.2, -0.15) is 0 Å². The number of nitrogens with one attached hydrogen (secondary N) is 1. The van der Waals surface area contributed by atoms with Crippen LogP contribution in [0.4, 0.5) is 0 Å². The molecule has 0 heterocycles. The highest BCUT2D eigenvalue weighted by molar-refractivity contribution is 5.20. The number of rotatable bonds is 2. The minimum absolute atomic E-state index is 0.375. The maximum Gasteiger partial charge on any atom is 0.0950 e. The van der Waals surface area contributed by atoms with E-state index in [0.717, 1.165) is 5.56 Å². The van der Waals surface area contributed by atoms with E-state index < -0.39 is 0 Å². The molecule has 0 aliphatic rings. The fourth-order valence-corrected chi connectivity index (χ4v) is 0.768. The highest BCUT2D eigenvalue weighted by Crippen LogP contribution is 2.02. The summed E-state index contributed by atoms with van der Waals surface area (Å²) in [6, 6.07) is 7.94. The van der Waals surface area contributed by atoms with E-state index in [-0.39, 0.29) is 0 Å². The Bertz CT molecular complexity index is 193. The third kappa shape index (κ3) is 1.83. The lowest BCUT2D eigenvalue weighted by molar-refractivity contribution is 0.104. The molecule has 0 unspecified atom stereocenters. The zero-order valence-corrected chi connectivity index (χ0v) is 5.92. The number of aryl methyl sites for hydroxylation is 1. The van der Waals surface area contributed by atoms with Gasteiger partial charge in [-0.3, -0.25) is 4.84 Å². The molecule has 0 fully saturated rings. The van der Waals surface area contributed by atoms with Crippen LogP contribution in [0.3, 0.4) is 0 Å². The Kier molecular flexibility index (Phi) is 2.42. The zero-order chi connectivity index (χ0) is 7.40. The predicted molar refractivity (Wildman–Crippen MR) is 39.1 cm³/mol. The molecule has 1 N–H and O–H groups in total. The molecular formula is C8H10NO. The summed E-state index contributed by atoms with van der Waals surface area (Å²) >= 11 is 0. The molecule has 0 aliphatic heterocycles. The van der Waals surface area contributed by atoms with E-state index in [2.05, 4.69) is 4.84 Å². The first kappa shape index (κ1) is 7.25. The van der Waals surface area contributed by atoms with Gasteiger partial charge >= 0.3 is 0 Å². The molecule has 0 saturated carbocycles. The van der Waals surface area contributed by atoms with Crippen LogP contribution < -0.4 is 5.90 Å². The molecule has 0 aliphatic carbocycles. The van der Waals surface area contributed by atoms with E-state index in [1.54, 1.807) is 0 Å². The minimum Gasteiger partial charge on any atom is -0.280 e. The quantitative estimate of drug-likeness (QED) is 0.570. The molecule has 1 rings (SSSR count). The van der Waals surface area contributed by atoms with Crippen LogP contribution in [-0.4, -0.2) is 0 Å². The minimum atomic E-state index is 0.375. The number of hydrogen-bond donors (Lipinski definition) is 0. The average Bonchev–Trinajstić information content (AvgIpc) is 1.95. The SMILES string of the molecule is Cc1ccc(CO[NH])cc1. The van der Waals surface area contributed by atoms with Crippen molar-refractivity contribution in [1.82, 2.24) is 5.90 Å². The average molecular weight is 136 g/mol. The maximum absolute atomic E-state index is 6.49. The molecule has 0 bridgehead atoms. The van der Waals surface area contributed by atoms with Crippen molar-refractivity contribution in [1.29, 1.82) is 0 Å². The van der Waals surface area contributed by atoms with Crippen molar-refractivity contribution in [3.63, 3.8) is 0 Å². The summed E-state index contributed by atoms with van der Waals surface area (Å²) in [5.74, 6) is 6.49. The second-order valence-corrected chi connectivity index (χ2v) is 2.27. The van der Waals surface area contributed by atoms with Gasteiger partial charge in [0.25, 0.3) is 0 Å². The van der Waals surface area contributed by atoms with E-state index >= 15 is 0 Å². The third-order valence-corrected chi connectivity index (χ3v) is 1.36. The largest absolute Gasteiger partial charge is 0.280 e. The van der Waals surface area contributed by atoms with Crippen molar-refractivity contribution >= 4 is 0 Å². The van der Waals surface area contributed by atoms with Crippen molar-refractivity contribution in [2.24, 2.45) is 0 Å². The summed E-state index contributed by atoms with van der Waals surface area (Å²) in [6.45, 7) is 2.41. The molecule has 2 nitrogen and oxygen atoms in total. The van der Waals surface area contributed by atoms with Crippen LogP contribution in [-0.2, 0) is 11.4 Å². The van der Waals surface area contributed by atoms with Crippen LogP contribution >= 0.6 is 0 Å². The number of hydrogen-bond acceptors (Lipinski definition) is 1. The van der Waals surface area contributed by atoms with Crippen molar-refractivity contribution in [3.05, 3.63) is 35.4 Å². The Morgan fingerprint density at radius 3 is 2.40 bits per heavy atom. The van der Waals surface area contributed by atoms with Gasteiger partial charge in [-0.15, -0.1) is 5.90 Å². The standard InChI is InChI=1S/C8H10NO/c1-7-2-4-8(5-3-7)6-10-9/h2-5,9H,6H2,1H3. The normalized spacial score (nSPS) is 9.80. The topological polar surface area (TPSA) is 33.0 Å². The summed E-state index contributed by atoms with van der Waals surface area (Å²) < 4.78 is 0. The lowest BCUT2D eigenvalue weighted by Crippen LogP contribution is -1.88. The lowest BCUT2D eigenvalue weighted by Gasteiger charge is -1.96. The van der Waals surface area contributed by atoms with Crippen molar-refractivity contribution in [2.75, 3.05) is 0 Å². The van der Waals surface area contributed by atoms with E-state index in [0.29, 0.717) is 6.61 Å². The van der Waals surface area contributed by atoms with Gasteiger partial charge in [-0.1, -0.05) is 29.8 Å². The first-order valence-electron chi connectivity index (χ1n) is 3.17. The van der Waals surface area contributed by atoms with Crippen LogP contribution in [0.25, 0.3) is 0 Å². The molecule has 10 heavy (non-hydrogen) atoms. The molecule has 0 saturated heterocycles. The fraction of sp³-hybridized carbons (Fsp3) is 0.250. The van der Waals surface area contributed by atoms with E-state index in [4.69, 9.17) is 5.90 Å². The number of benzene rings is 1. The molecule has 53 valence electrons. The zero-order valence-electron chi connectivity index (χ0n) is 5.92. The molecule has 1 aromatic carbocycles. The smallest absolute Gasteiger partial charge is 0.0950 e. The Hall–Kier alpha value is -0.860. The molecule has 0 spiro atoms. The van der Waals surface area contributed by atoms with Gasteiger partial charge in [0, 0.05) is 0 Å². The first-order valence-corrected chi connectivity index (χ1v) is 3.17. The first-order chi connectivity index (χ1) is 4.83. The van der Waals surface area contributed by atoms with Crippen molar-refractivity contribution in [2.45, 2.75) is 13.5 Å². The lowest BCUT2D eigenvalue weighted by atomic mass is 10.2. The van der Waals surface area contributed by atoms with Crippen molar-refractivity contribution < 1.29 is 4.84 Å². The van der Waals surface area contributed by atoms with Gasteiger partial charge in [0.05, 0.1) is 6.61 Å². The molecule has 0 aromatic heterocycles. The summed E-state index contributed by atoms with van der Waals surface area (Å²) in [5, 5.41) is 0. The summed E-state index contributed by atoms with van der Waals surface area (Å²) in [6.07, 6.45) is 0. The van der Waals surface area contributed by atoms with Gasteiger partial charge < -0.3 is 0 Å². The van der Waals surface area contributed by atoms with Gasteiger partial charge in [-0.25, -0.2) is 0 Å². The summed E-state index contributed by atoms with van der Waals surface area (Å²) in [4.78, 5) is 4.22. The highest BCUT2D eigenvalue weighted by atomic mass is 16.6. The summed E-state index contributed by atoms with van der Waals surface area (Å²) in [7, 11) is 0. The Labute approximate surface area is 60.6 Å².